The Morgan fingerprint density at radius 3 is 2.60 bits per heavy atom. The number of benzene rings is 1. The molecule has 0 spiro atoms. The summed E-state index contributed by atoms with van der Waals surface area (Å²) in [7, 11) is 0. The molecule has 3 nitrogen and oxygen atoms in total. The van der Waals surface area contributed by atoms with Gasteiger partial charge in [0.2, 0.25) is 0 Å². The van der Waals surface area contributed by atoms with E-state index < -0.39 is 0 Å². The second-order valence-corrected chi connectivity index (χ2v) is 6.33. The topological polar surface area (TPSA) is 41.5 Å². The summed E-state index contributed by atoms with van der Waals surface area (Å²) in [6.45, 7) is 7.69. The Morgan fingerprint density at radius 2 is 2.05 bits per heavy atom. The van der Waals surface area contributed by atoms with Gasteiger partial charge < -0.3 is 15.2 Å². The molecule has 0 saturated carbocycles. The van der Waals surface area contributed by atoms with Crippen LogP contribution in [0.25, 0.3) is 0 Å². The van der Waals surface area contributed by atoms with E-state index in [1.807, 2.05) is 12.1 Å². The van der Waals surface area contributed by atoms with Crippen molar-refractivity contribution in [2.24, 2.45) is 5.41 Å². The van der Waals surface area contributed by atoms with Gasteiger partial charge in [-0.3, -0.25) is 0 Å². The van der Waals surface area contributed by atoms with Crippen molar-refractivity contribution in [1.29, 1.82) is 0 Å². The number of aliphatic hydroxyl groups excluding tert-OH is 1. The highest BCUT2D eigenvalue weighted by molar-refractivity contribution is 6.30. The van der Waals surface area contributed by atoms with E-state index >= 15 is 0 Å². The SMILES string of the molecule is Cc1cc(Cl)cc(C)c1CNC[C@@]1(CCO)CCOC1. The third kappa shape index (κ3) is 3.73. The molecule has 1 heterocycles. The first-order valence-corrected chi connectivity index (χ1v) is 7.59. The number of nitrogens with one attached hydrogen (secondary N) is 1. The molecule has 1 aliphatic heterocycles. The predicted octanol–water partition coefficient (Wildman–Crippen LogP) is 2.84. The molecule has 1 aliphatic rings. The van der Waals surface area contributed by atoms with Crippen molar-refractivity contribution < 1.29 is 9.84 Å². The Kier molecular flexibility index (Phi) is 5.44. The summed E-state index contributed by atoms with van der Waals surface area (Å²) in [5.41, 5.74) is 3.86. The molecule has 4 heteroatoms. The van der Waals surface area contributed by atoms with Gasteiger partial charge in [0, 0.05) is 36.7 Å². The summed E-state index contributed by atoms with van der Waals surface area (Å²) in [4.78, 5) is 0. The van der Waals surface area contributed by atoms with E-state index in [1.165, 1.54) is 16.7 Å². The maximum atomic E-state index is 9.23. The Labute approximate surface area is 126 Å². The summed E-state index contributed by atoms with van der Waals surface area (Å²) < 4.78 is 5.51. The lowest BCUT2D eigenvalue weighted by Gasteiger charge is -2.27. The molecule has 0 unspecified atom stereocenters. The molecule has 20 heavy (non-hydrogen) atoms. The molecule has 0 amide bonds. The average Bonchev–Trinajstić information content (AvgIpc) is 2.82. The van der Waals surface area contributed by atoms with Crippen LogP contribution in [0.15, 0.2) is 12.1 Å². The summed E-state index contributed by atoms with van der Waals surface area (Å²) >= 11 is 6.06. The average molecular weight is 298 g/mol. The predicted molar refractivity (Wildman–Crippen MR) is 82.2 cm³/mol. The van der Waals surface area contributed by atoms with Gasteiger partial charge in [-0.25, -0.2) is 0 Å². The number of hydrogen-bond acceptors (Lipinski definition) is 3. The summed E-state index contributed by atoms with van der Waals surface area (Å²) in [5, 5.41) is 13.6. The zero-order chi connectivity index (χ0) is 14.6. The van der Waals surface area contributed by atoms with Crippen LogP contribution in [0.3, 0.4) is 0 Å². The minimum absolute atomic E-state index is 0.100. The van der Waals surface area contributed by atoms with Crippen LogP contribution >= 0.6 is 11.6 Å². The Balaban J connectivity index is 1.95. The third-order valence-corrected chi connectivity index (χ3v) is 4.51. The summed E-state index contributed by atoms with van der Waals surface area (Å²) in [6.07, 6.45) is 1.83. The van der Waals surface area contributed by atoms with Crippen LogP contribution in [0.1, 0.15) is 29.5 Å². The summed E-state index contributed by atoms with van der Waals surface area (Å²) in [5.74, 6) is 0. The second kappa shape index (κ2) is 6.90. The van der Waals surface area contributed by atoms with Crippen LogP contribution in [0.5, 0.6) is 0 Å². The molecule has 0 radical (unpaired) electrons. The van der Waals surface area contributed by atoms with Crippen LogP contribution in [-0.4, -0.2) is 31.5 Å². The monoisotopic (exact) mass is 297 g/mol. The van der Waals surface area contributed by atoms with E-state index in [0.717, 1.165) is 44.2 Å². The minimum atomic E-state index is 0.100. The molecule has 2 N–H and O–H groups in total. The largest absolute Gasteiger partial charge is 0.396 e. The number of halogens is 1. The molecular formula is C16H24ClNO2. The van der Waals surface area contributed by atoms with Gasteiger partial charge in [-0.05, 0) is 55.5 Å². The molecule has 1 aromatic carbocycles. The molecule has 0 bridgehead atoms. The molecule has 1 aromatic rings. The maximum Gasteiger partial charge on any atom is 0.0536 e. The Bertz CT molecular complexity index is 433. The van der Waals surface area contributed by atoms with E-state index in [9.17, 15) is 5.11 Å². The Morgan fingerprint density at radius 1 is 1.35 bits per heavy atom. The van der Waals surface area contributed by atoms with E-state index in [-0.39, 0.29) is 12.0 Å². The fraction of sp³-hybridized carbons (Fsp3) is 0.625. The van der Waals surface area contributed by atoms with Gasteiger partial charge >= 0.3 is 0 Å². The van der Waals surface area contributed by atoms with Crippen LogP contribution in [0, 0.1) is 19.3 Å². The zero-order valence-electron chi connectivity index (χ0n) is 12.3. The van der Waals surface area contributed by atoms with Crippen LogP contribution < -0.4 is 5.32 Å². The second-order valence-electron chi connectivity index (χ2n) is 5.90. The summed E-state index contributed by atoms with van der Waals surface area (Å²) in [6, 6.07) is 4.02. The van der Waals surface area contributed by atoms with E-state index in [4.69, 9.17) is 16.3 Å². The maximum absolute atomic E-state index is 9.23. The van der Waals surface area contributed by atoms with Gasteiger partial charge in [0.1, 0.15) is 0 Å². The lowest BCUT2D eigenvalue weighted by Crippen LogP contribution is -2.35. The lowest BCUT2D eigenvalue weighted by atomic mass is 9.84. The van der Waals surface area contributed by atoms with Crippen LogP contribution in [-0.2, 0) is 11.3 Å². The molecule has 0 aromatic heterocycles. The highest BCUT2D eigenvalue weighted by Crippen LogP contribution is 2.31. The highest BCUT2D eigenvalue weighted by Gasteiger charge is 2.33. The first kappa shape index (κ1) is 15.8. The van der Waals surface area contributed by atoms with Crippen molar-refractivity contribution in [3.63, 3.8) is 0 Å². The number of aliphatic hydroxyl groups is 1. The lowest BCUT2D eigenvalue weighted by molar-refractivity contribution is 0.124. The van der Waals surface area contributed by atoms with Crippen molar-refractivity contribution in [2.75, 3.05) is 26.4 Å². The minimum Gasteiger partial charge on any atom is -0.396 e. The molecule has 0 aliphatic carbocycles. The van der Waals surface area contributed by atoms with E-state index in [2.05, 4.69) is 19.2 Å². The molecular weight excluding hydrogens is 274 g/mol. The fourth-order valence-corrected chi connectivity index (χ4v) is 3.31. The van der Waals surface area contributed by atoms with Crippen LogP contribution in [0.2, 0.25) is 5.02 Å². The number of hydrogen-bond donors (Lipinski definition) is 2. The van der Waals surface area contributed by atoms with Crippen molar-refractivity contribution >= 4 is 11.6 Å². The van der Waals surface area contributed by atoms with E-state index in [0.29, 0.717) is 0 Å². The molecule has 1 atom stereocenters. The van der Waals surface area contributed by atoms with Gasteiger partial charge in [-0.1, -0.05) is 11.6 Å². The fourth-order valence-electron chi connectivity index (χ4n) is 2.98. The van der Waals surface area contributed by atoms with Crippen molar-refractivity contribution in [3.05, 3.63) is 33.8 Å². The highest BCUT2D eigenvalue weighted by atomic mass is 35.5. The number of ether oxygens (including phenoxy) is 1. The van der Waals surface area contributed by atoms with E-state index in [1.54, 1.807) is 0 Å². The van der Waals surface area contributed by atoms with Crippen molar-refractivity contribution in [1.82, 2.24) is 5.32 Å². The van der Waals surface area contributed by atoms with Gasteiger partial charge in [-0.2, -0.15) is 0 Å². The first-order valence-electron chi connectivity index (χ1n) is 7.21. The molecule has 1 saturated heterocycles. The quantitative estimate of drug-likeness (QED) is 0.848. The Hall–Kier alpha value is -0.610. The smallest absolute Gasteiger partial charge is 0.0536 e. The van der Waals surface area contributed by atoms with Crippen LogP contribution in [0.4, 0.5) is 0 Å². The molecule has 2 rings (SSSR count). The third-order valence-electron chi connectivity index (χ3n) is 4.29. The van der Waals surface area contributed by atoms with Gasteiger partial charge in [0.05, 0.1) is 6.61 Å². The number of rotatable bonds is 6. The molecule has 1 fully saturated rings. The molecule has 112 valence electrons. The van der Waals surface area contributed by atoms with Crippen molar-refractivity contribution in [3.8, 4) is 0 Å². The normalized spacial score (nSPS) is 22.4. The first-order chi connectivity index (χ1) is 9.56. The van der Waals surface area contributed by atoms with Gasteiger partial charge in [0.15, 0.2) is 0 Å². The zero-order valence-corrected chi connectivity index (χ0v) is 13.1. The standard InChI is InChI=1S/C16H24ClNO2/c1-12-7-14(17)8-13(2)15(12)9-18-10-16(3-5-19)4-6-20-11-16/h7-8,18-19H,3-6,9-11H2,1-2H3/t16-/m1/s1. The van der Waals surface area contributed by atoms with Gasteiger partial charge in [-0.15, -0.1) is 0 Å². The number of aryl methyl sites for hydroxylation is 2. The van der Waals surface area contributed by atoms with Gasteiger partial charge in [0.25, 0.3) is 0 Å². The van der Waals surface area contributed by atoms with Crippen molar-refractivity contribution in [2.45, 2.75) is 33.2 Å².